The third kappa shape index (κ3) is 3.54. The van der Waals surface area contributed by atoms with E-state index in [1.54, 1.807) is 41.1 Å². The summed E-state index contributed by atoms with van der Waals surface area (Å²) in [7, 11) is 1.78. The number of hydrogen-bond donors (Lipinski definition) is 0. The van der Waals surface area contributed by atoms with Gasteiger partial charge in [-0.25, -0.2) is 0 Å². The third-order valence-corrected chi connectivity index (χ3v) is 5.10. The van der Waals surface area contributed by atoms with E-state index in [-0.39, 0.29) is 11.8 Å². The van der Waals surface area contributed by atoms with Gasteiger partial charge >= 0.3 is 0 Å². The molecule has 0 aromatic heterocycles. The second kappa shape index (κ2) is 7.69. The average Bonchev–Trinajstić information content (AvgIpc) is 3.17. The Balaban J connectivity index is 1.53. The standard InChI is InChI=1S/C24H22N2O2/c1-25(17-18-8-3-2-4-9-18)23(27)20-11-7-12-21(16-20)24(28)26-15-14-19-10-5-6-13-22(19)26/h2-13,16H,14-15,17H2,1H3. The van der Waals surface area contributed by atoms with E-state index in [0.717, 1.165) is 17.7 Å². The summed E-state index contributed by atoms with van der Waals surface area (Å²) in [5, 5.41) is 0. The molecule has 0 bridgehead atoms. The van der Waals surface area contributed by atoms with Crippen LogP contribution in [0.15, 0.2) is 78.9 Å². The number of nitrogens with zero attached hydrogens (tertiary/aromatic N) is 2. The van der Waals surface area contributed by atoms with Crippen molar-refractivity contribution < 1.29 is 9.59 Å². The predicted molar refractivity (Wildman–Crippen MR) is 111 cm³/mol. The number of amides is 2. The number of carbonyl (C=O) groups excluding carboxylic acids is 2. The van der Waals surface area contributed by atoms with Crippen LogP contribution >= 0.6 is 0 Å². The lowest BCUT2D eigenvalue weighted by Crippen LogP contribution is -2.30. The fraction of sp³-hybridized carbons (Fsp3) is 0.167. The molecule has 0 atom stereocenters. The Hall–Kier alpha value is -3.40. The van der Waals surface area contributed by atoms with Crippen LogP contribution in [0.25, 0.3) is 0 Å². The fourth-order valence-electron chi connectivity index (χ4n) is 3.64. The molecule has 0 spiro atoms. The van der Waals surface area contributed by atoms with Gasteiger partial charge in [-0.2, -0.15) is 0 Å². The molecule has 0 fully saturated rings. The molecule has 0 N–H and O–H groups in total. The molecule has 3 aromatic carbocycles. The first kappa shape index (κ1) is 18.0. The normalized spacial score (nSPS) is 12.5. The van der Waals surface area contributed by atoms with E-state index in [1.807, 2.05) is 48.5 Å². The largest absolute Gasteiger partial charge is 0.337 e. The summed E-state index contributed by atoms with van der Waals surface area (Å²) in [5.74, 6) is -0.161. The maximum Gasteiger partial charge on any atom is 0.258 e. The van der Waals surface area contributed by atoms with E-state index < -0.39 is 0 Å². The van der Waals surface area contributed by atoms with Crippen LogP contribution < -0.4 is 4.90 Å². The first-order valence-electron chi connectivity index (χ1n) is 9.43. The lowest BCUT2D eigenvalue weighted by molar-refractivity contribution is 0.0785. The molecule has 3 aromatic rings. The van der Waals surface area contributed by atoms with E-state index >= 15 is 0 Å². The number of hydrogen-bond acceptors (Lipinski definition) is 2. The summed E-state index contributed by atoms with van der Waals surface area (Å²) in [5.41, 5.74) is 4.28. The summed E-state index contributed by atoms with van der Waals surface area (Å²) < 4.78 is 0. The van der Waals surface area contributed by atoms with Gasteiger partial charge in [0.15, 0.2) is 0 Å². The summed E-state index contributed by atoms with van der Waals surface area (Å²) in [6, 6.07) is 24.9. The number of para-hydroxylation sites is 1. The van der Waals surface area contributed by atoms with Crippen molar-refractivity contribution in [1.82, 2.24) is 4.90 Å². The van der Waals surface area contributed by atoms with Gasteiger partial charge < -0.3 is 9.80 Å². The highest BCUT2D eigenvalue weighted by Gasteiger charge is 2.25. The van der Waals surface area contributed by atoms with Crippen molar-refractivity contribution >= 4 is 17.5 Å². The summed E-state index contributed by atoms with van der Waals surface area (Å²) in [4.78, 5) is 29.4. The third-order valence-electron chi connectivity index (χ3n) is 5.10. The maximum atomic E-state index is 13.0. The van der Waals surface area contributed by atoms with Crippen LogP contribution in [0.3, 0.4) is 0 Å². The zero-order chi connectivity index (χ0) is 19.5. The van der Waals surface area contributed by atoms with Crippen molar-refractivity contribution in [2.75, 3.05) is 18.5 Å². The predicted octanol–water partition coefficient (Wildman–Crippen LogP) is 4.16. The molecular formula is C24H22N2O2. The molecule has 1 aliphatic heterocycles. The highest BCUT2D eigenvalue weighted by molar-refractivity contribution is 6.08. The smallest absolute Gasteiger partial charge is 0.258 e. The van der Waals surface area contributed by atoms with E-state index in [0.29, 0.717) is 24.2 Å². The zero-order valence-corrected chi connectivity index (χ0v) is 15.8. The average molecular weight is 370 g/mol. The molecule has 0 radical (unpaired) electrons. The summed E-state index contributed by atoms with van der Waals surface area (Å²) in [6.45, 7) is 1.20. The quantitative estimate of drug-likeness (QED) is 0.692. The molecule has 4 heteroatoms. The Morgan fingerprint density at radius 1 is 0.893 bits per heavy atom. The number of carbonyl (C=O) groups is 2. The number of anilines is 1. The molecule has 2 amide bonds. The molecule has 28 heavy (non-hydrogen) atoms. The number of rotatable bonds is 4. The van der Waals surface area contributed by atoms with Crippen molar-refractivity contribution in [2.24, 2.45) is 0 Å². The van der Waals surface area contributed by atoms with E-state index in [2.05, 4.69) is 6.07 Å². The van der Waals surface area contributed by atoms with Gasteiger partial charge in [0.05, 0.1) is 0 Å². The Morgan fingerprint density at radius 3 is 2.43 bits per heavy atom. The maximum absolute atomic E-state index is 13.0. The highest BCUT2D eigenvalue weighted by Crippen LogP contribution is 2.29. The lowest BCUT2D eigenvalue weighted by atomic mass is 10.1. The van der Waals surface area contributed by atoms with Crippen molar-refractivity contribution in [3.05, 3.63) is 101 Å². The van der Waals surface area contributed by atoms with Crippen LogP contribution in [0.1, 0.15) is 31.8 Å². The molecule has 140 valence electrons. The van der Waals surface area contributed by atoms with Crippen LogP contribution in [-0.4, -0.2) is 30.3 Å². The first-order chi connectivity index (χ1) is 13.6. The fourth-order valence-corrected chi connectivity index (χ4v) is 3.64. The van der Waals surface area contributed by atoms with Crippen LogP contribution in [-0.2, 0) is 13.0 Å². The van der Waals surface area contributed by atoms with Gasteiger partial charge in [0.25, 0.3) is 11.8 Å². The van der Waals surface area contributed by atoms with Crippen molar-refractivity contribution in [3.63, 3.8) is 0 Å². The Bertz CT molecular complexity index is 1010. The van der Waals surface area contributed by atoms with Crippen LogP contribution in [0, 0.1) is 0 Å². The summed E-state index contributed by atoms with van der Waals surface area (Å²) in [6.07, 6.45) is 0.861. The van der Waals surface area contributed by atoms with E-state index in [9.17, 15) is 9.59 Å². The minimum atomic E-state index is -0.0969. The van der Waals surface area contributed by atoms with Gasteiger partial charge in [-0.3, -0.25) is 9.59 Å². The number of fused-ring (bicyclic) bond motifs is 1. The van der Waals surface area contributed by atoms with Gasteiger partial charge in [-0.15, -0.1) is 0 Å². The molecule has 1 aliphatic rings. The topological polar surface area (TPSA) is 40.6 Å². The zero-order valence-electron chi connectivity index (χ0n) is 15.8. The monoisotopic (exact) mass is 370 g/mol. The van der Waals surface area contributed by atoms with Crippen molar-refractivity contribution in [1.29, 1.82) is 0 Å². The second-order valence-corrected chi connectivity index (χ2v) is 7.06. The van der Waals surface area contributed by atoms with Gasteiger partial charge in [0.1, 0.15) is 0 Å². The summed E-state index contributed by atoms with van der Waals surface area (Å²) >= 11 is 0. The van der Waals surface area contributed by atoms with Crippen LogP contribution in [0.5, 0.6) is 0 Å². The molecule has 4 rings (SSSR count). The Labute approximate surface area is 165 Å². The van der Waals surface area contributed by atoms with Gasteiger partial charge in [-0.05, 0) is 41.8 Å². The Kier molecular flexibility index (Phi) is 4.94. The molecule has 1 heterocycles. The first-order valence-corrected chi connectivity index (χ1v) is 9.43. The minimum absolute atomic E-state index is 0.0645. The molecule has 0 saturated heterocycles. The molecular weight excluding hydrogens is 348 g/mol. The van der Waals surface area contributed by atoms with Gasteiger partial charge in [0, 0.05) is 37.0 Å². The second-order valence-electron chi connectivity index (χ2n) is 7.06. The minimum Gasteiger partial charge on any atom is -0.337 e. The molecule has 0 unspecified atom stereocenters. The Morgan fingerprint density at radius 2 is 1.61 bits per heavy atom. The number of benzene rings is 3. The van der Waals surface area contributed by atoms with Crippen LogP contribution in [0.4, 0.5) is 5.69 Å². The van der Waals surface area contributed by atoms with E-state index in [4.69, 9.17) is 0 Å². The SMILES string of the molecule is CN(Cc1ccccc1)C(=O)c1cccc(C(=O)N2CCc3ccccc32)c1. The van der Waals surface area contributed by atoms with Crippen molar-refractivity contribution in [2.45, 2.75) is 13.0 Å². The van der Waals surface area contributed by atoms with Crippen LogP contribution in [0.2, 0.25) is 0 Å². The van der Waals surface area contributed by atoms with Crippen molar-refractivity contribution in [3.8, 4) is 0 Å². The lowest BCUT2D eigenvalue weighted by Gasteiger charge is -2.19. The van der Waals surface area contributed by atoms with Gasteiger partial charge in [0.2, 0.25) is 0 Å². The molecule has 0 saturated carbocycles. The molecule has 4 nitrogen and oxygen atoms in total. The van der Waals surface area contributed by atoms with E-state index in [1.165, 1.54) is 5.56 Å². The molecule has 0 aliphatic carbocycles. The van der Waals surface area contributed by atoms with Gasteiger partial charge in [-0.1, -0.05) is 54.6 Å². The highest BCUT2D eigenvalue weighted by atomic mass is 16.2.